The van der Waals surface area contributed by atoms with Crippen LogP contribution in [0.5, 0.6) is 0 Å². The van der Waals surface area contributed by atoms with E-state index in [2.05, 4.69) is 33.1 Å². The molecule has 192 valence electrons. The molecule has 0 spiro atoms. The van der Waals surface area contributed by atoms with Crippen molar-refractivity contribution >= 4 is 5.91 Å². The van der Waals surface area contributed by atoms with Crippen LogP contribution in [0.4, 0.5) is 13.2 Å². The van der Waals surface area contributed by atoms with E-state index < -0.39 is 11.7 Å². The second kappa shape index (κ2) is 10.8. The summed E-state index contributed by atoms with van der Waals surface area (Å²) in [5.74, 6) is -0.0228. The van der Waals surface area contributed by atoms with Crippen LogP contribution in [-0.4, -0.2) is 45.2 Å². The van der Waals surface area contributed by atoms with Gasteiger partial charge in [-0.2, -0.15) is 18.3 Å². The Hall–Kier alpha value is -3.24. The maximum absolute atomic E-state index is 13.2. The highest BCUT2D eigenvalue weighted by molar-refractivity contribution is 5.95. The second-order valence-electron chi connectivity index (χ2n) is 9.47. The summed E-state index contributed by atoms with van der Waals surface area (Å²) in [7, 11) is 1.76. The smallest absolute Gasteiger partial charge is 0.342 e. The maximum Gasteiger partial charge on any atom is 0.417 e. The van der Waals surface area contributed by atoms with Crippen molar-refractivity contribution in [3.8, 4) is 5.82 Å². The number of pyridine rings is 1. The Kier molecular flexibility index (Phi) is 7.75. The number of hydrogen-bond acceptors (Lipinski definition) is 5. The first-order valence-corrected chi connectivity index (χ1v) is 12.1. The van der Waals surface area contributed by atoms with Crippen LogP contribution in [0.2, 0.25) is 0 Å². The Morgan fingerprint density at radius 1 is 1.14 bits per heavy atom. The fraction of sp³-hybridized carbons (Fsp3) is 0.423. The van der Waals surface area contributed by atoms with Gasteiger partial charge in [0.2, 0.25) is 0 Å². The Balaban J connectivity index is 1.37. The number of amides is 1. The van der Waals surface area contributed by atoms with E-state index in [4.69, 9.17) is 0 Å². The van der Waals surface area contributed by atoms with Crippen LogP contribution in [0, 0.1) is 0 Å². The Morgan fingerprint density at radius 2 is 1.89 bits per heavy atom. The molecule has 3 heterocycles. The van der Waals surface area contributed by atoms with Crippen LogP contribution in [0.25, 0.3) is 5.82 Å². The van der Waals surface area contributed by atoms with Gasteiger partial charge in [0.05, 0.1) is 23.0 Å². The summed E-state index contributed by atoms with van der Waals surface area (Å²) < 4.78 is 40.2. The number of carbonyl (C=O) groups is 1. The summed E-state index contributed by atoms with van der Waals surface area (Å²) >= 11 is 0. The first-order chi connectivity index (χ1) is 17.1. The quantitative estimate of drug-likeness (QED) is 0.462. The lowest BCUT2D eigenvalue weighted by molar-refractivity contribution is -0.137. The fourth-order valence-electron chi connectivity index (χ4n) is 4.54. The number of nitrogens with one attached hydrogen (secondary N) is 2. The summed E-state index contributed by atoms with van der Waals surface area (Å²) in [5.41, 5.74) is 8.17. The predicted octanol–water partition coefficient (Wildman–Crippen LogP) is 4.87. The molecule has 0 radical (unpaired) electrons. The first kappa shape index (κ1) is 25.8. The molecule has 2 atom stereocenters. The minimum atomic E-state index is -4.47. The highest BCUT2D eigenvalue weighted by Crippen LogP contribution is 2.30. The Labute approximate surface area is 208 Å². The highest BCUT2D eigenvalue weighted by atomic mass is 19.4. The molecule has 1 aliphatic heterocycles. The maximum atomic E-state index is 13.2. The second-order valence-corrected chi connectivity index (χ2v) is 9.47. The zero-order valence-electron chi connectivity index (χ0n) is 20.6. The van der Waals surface area contributed by atoms with Crippen molar-refractivity contribution in [3.63, 3.8) is 0 Å². The molecule has 1 fully saturated rings. The predicted molar refractivity (Wildman–Crippen MR) is 131 cm³/mol. The van der Waals surface area contributed by atoms with Crippen molar-refractivity contribution in [1.29, 1.82) is 0 Å². The molecule has 7 nitrogen and oxygen atoms in total. The summed E-state index contributed by atoms with van der Waals surface area (Å²) in [6.07, 6.45) is 0.511. The van der Waals surface area contributed by atoms with Crippen molar-refractivity contribution in [2.75, 3.05) is 13.6 Å². The number of nitrogens with zero attached hydrogens (tertiary/aromatic N) is 4. The van der Waals surface area contributed by atoms with Crippen LogP contribution in [-0.2, 0) is 6.18 Å². The lowest BCUT2D eigenvalue weighted by atomic mass is 9.99. The van der Waals surface area contributed by atoms with E-state index in [1.807, 2.05) is 32.0 Å². The lowest BCUT2D eigenvalue weighted by Gasteiger charge is -2.19. The van der Waals surface area contributed by atoms with Crippen molar-refractivity contribution in [3.05, 3.63) is 77.2 Å². The highest BCUT2D eigenvalue weighted by Gasteiger charge is 2.31. The van der Waals surface area contributed by atoms with Gasteiger partial charge < -0.3 is 4.90 Å². The monoisotopic (exact) mass is 500 g/mol. The van der Waals surface area contributed by atoms with Crippen LogP contribution in [0.3, 0.4) is 0 Å². The van der Waals surface area contributed by atoms with E-state index in [9.17, 15) is 18.0 Å². The molecule has 2 unspecified atom stereocenters. The molecule has 2 N–H and O–H groups in total. The average Bonchev–Trinajstić information content (AvgIpc) is 3.51. The van der Waals surface area contributed by atoms with Crippen LogP contribution >= 0.6 is 0 Å². The van der Waals surface area contributed by atoms with Crippen molar-refractivity contribution in [2.45, 2.75) is 57.3 Å². The van der Waals surface area contributed by atoms with Crippen molar-refractivity contribution < 1.29 is 18.0 Å². The molecule has 3 aromatic rings. The molecule has 36 heavy (non-hydrogen) atoms. The van der Waals surface area contributed by atoms with Crippen LogP contribution in [0.1, 0.15) is 72.2 Å². The van der Waals surface area contributed by atoms with Gasteiger partial charge in [-0.15, -0.1) is 0 Å². The third kappa shape index (κ3) is 5.76. The standard InChI is InChI=1S/C26H31F3N6O/c1-17(2)24-21(16-31-35(24)23-12-11-19(15-30-23)26(27,28)29)25(36)34(3)13-7-10-20-14-22(33-32-20)18-8-5-4-6-9-18/h4-6,8-9,11-12,15-17,20,22,32-33H,7,10,13-14H2,1-3H3. The molecule has 1 amide bonds. The van der Waals surface area contributed by atoms with Gasteiger partial charge in [0.1, 0.15) is 0 Å². The minimum absolute atomic E-state index is 0.0902. The lowest BCUT2D eigenvalue weighted by Crippen LogP contribution is -2.32. The summed E-state index contributed by atoms with van der Waals surface area (Å²) in [6, 6.07) is 13.1. The molecule has 0 aliphatic carbocycles. The van der Waals surface area contributed by atoms with Gasteiger partial charge in [0.15, 0.2) is 5.82 Å². The van der Waals surface area contributed by atoms with Gasteiger partial charge in [0.25, 0.3) is 5.91 Å². The summed E-state index contributed by atoms with van der Waals surface area (Å²) in [5, 5.41) is 4.29. The SMILES string of the molecule is CC(C)c1c(C(=O)N(C)CCCC2CC(c3ccccc3)NN2)cnn1-c1ccc(C(F)(F)F)cn1. The van der Waals surface area contributed by atoms with Gasteiger partial charge in [-0.25, -0.2) is 9.67 Å². The van der Waals surface area contributed by atoms with Crippen LogP contribution < -0.4 is 10.9 Å². The van der Waals surface area contributed by atoms with E-state index in [0.717, 1.165) is 31.5 Å². The molecule has 1 aliphatic rings. The van der Waals surface area contributed by atoms with Gasteiger partial charge in [-0.3, -0.25) is 15.6 Å². The number of aromatic nitrogens is 3. The fourth-order valence-corrected chi connectivity index (χ4v) is 4.54. The van der Waals surface area contributed by atoms with Gasteiger partial charge in [-0.05, 0) is 42.9 Å². The van der Waals surface area contributed by atoms with Gasteiger partial charge in [0, 0.05) is 31.9 Å². The average molecular weight is 501 g/mol. The molecular formula is C26H31F3N6O. The molecule has 0 saturated carbocycles. The van der Waals surface area contributed by atoms with E-state index >= 15 is 0 Å². The number of benzene rings is 1. The molecule has 0 bridgehead atoms. The first-order valence-electron chi connectivity index (χ1n) is 12.1. The van der Waals surface area contributed by atoms with E-state index in [0.29, 0.717) is 23.8 Å². The molecule has 10 heteroatoms. The third-order valence-corrected chi connectivity index (χ3v) is 6.45. The third-order valence-electron chi connectivity index (χ3n) is 6.45. The Bertz CT molecular complexity index is 1160. The molecule has 4 rings (SSSR count). The van der Waals surface area contributed by atoms with Gasteiger partial charge >= 0.3 is 6.18 Å². The largest absolute Gasteiger partial charge is 0.417 e. The number of alkyl halides is 3. The summed E-state index contributed by atoms with van der Waals surface area (Å²) in [4.78, 5) is 18.9. The molecule has 1 saturated heterocycles. The zero-order chi connectivity index (χ0) is 25.9. The Morgan fingerprint density at radius 3 is 2.53 bits per heavy atom. The number of carbonyl (C=O) groups excluding carboxylic acids is 1. The number of hydrazine groups is 1. The van der Waals surface area contributed by atoms with E-state index in [1.165, 1.54) is 22.5 Å². The molecule has 1 aromatic carbocycles. The zero-order valence-corrected chi connectivity index (χ0v) is 20.6. The van der Waals surface area contributed by atoms with E-state index in [1.54, 1.807) is 11.9 Å². The number of rotatable bonds is 8. The normalized spacial score (nSPS) is 18.1. The van der Waals surface area contributed by atoms with Gasteiger partial charge in [-0.1, -0.05) is 44.2 Å². The minimum Gasteiger partial charge on any atom is -0.342 e. The molecule has 2 aromatic heterocycles. The summed E-state index contributed by atoms with van der Waals surface area (Å²) in [6.45, 7) is 4.40. The molecular weight excluding hydrogens is 469 g/mol. The number of hydrogen-bond donors (Lipinski definition) is 2. The van der Waals surface area contributed by atoms with Crippen LogP contribution in [0.15, 0.2) is 54.9 Å². The van der Waals surface area contributed by atoms with E-state index in [-0.39, 0.29) is 23.7 Å². The number of halogens is 3. The topological polar surface area (TPSA) is 75.1 Å². The van der Waals surface area contributed by atoms with Crippen molar-refractivity contribution in [2.24, 2.45) is 0 Å². The van der Waals surface area contributed by atoms with Crippen molar-refractivity contribution in [1.82, 2.24) is 30.5 Å².